The Kier molecular flexibility index (Phi) is 13.4. The molecular formula is C38H50O7. The number of rotatable bonds is 19. The van der Waals surface area contributed by atoms with Gasteiger partial charge in [0.25, 0.3) is 0 Å². The monoisotopic (exact) mass is 618 g/mol. The van der Waals surface area contributed by atoms with Crippen molar-refractivity contribution in [3.63, 3.8) is 0 Å². The number of benzene rings is 2. The molecule has 7 nitrogen and oxygen atoms in total. The van der Waals surface area contributed by atoms with E-state index in [1.165, 1.54) is 27.8 Å². The highest BCUT2D eigenvalue weighted by molar-refractivity contribution is 5.90. The number of fused-ring (bicyclic) bond motifs is 1. The van der Waals surface area contributed by atoms with Crippen LogP contribution in [0.3, 0.4) is 0 Å². The van der Waals surface area contributed by atoms with Crippen LogP contribution in [0.15, 0.2) is 72.8 Å². The van der Waals surface area contributed by atoms with E-state index in [0.29, 0.717) is 19.1 Å². The van der Waals surface area contributed by atoms with Crippen molar-refractivity contribution in [3.05, 3.63) is 83.9 Å². The number of carbonyl (C=O) groups is 2. The van der Waals surface area contributed by atoms with Gasteiger partial charge in [0.1, 0.15) is 13.4 Å². The van der Waals surface area contributed by atoms with E-state index < -0.39 is 12.1 Å². The number of allylic oxidation sites excluding steroid dienone is 3. The van der Waals surface area contributed by atoms with Crippen molar-refractivity contribution >= 4 is 23.1 Å². The molecule has 0 radical (unpaired) electrons. The molecule has 0 aliphatic heterocycles. The highest BCUT2D eigenvalue weighted by Gasteiger charge is 2.57. The summed E-state index contributed by atoms with van der Waals surface area (Å²) in [5, 5.41) is 9.34. The lowest BCUT2D eigenvalue weighted by Gasteiger charge is -2.37. The Hall–Kier alpha value is -3.26. The normalized spacial score (nSPS) is 21.4. The lowest BCUT2D eigenvalue weighted by atomic mass is 9.66. The molecule has 2 aliphatic carbocycles. The molecule has 1 fully saturated rings. The van der Waals surface area contributed by atoms with Crippen molar-refractivity contribution in [2.24, 2.45) is 11.3 Å². The van der Waals surface area contributed by atoms with Gasteiger partial charge >= 0.3 is 11.9 Å². The first-order valence-corrected chi connectivity index (χ1v) is 16.5. The summed E-state index contributed by atoms with van der Waals surface area (Å²) in [7, 11) is 1.68. The van der Waals surface area contributed by atoms with E-state index in [4.69, 9.17) is 25.5 Å². The molecule has 0 spiro atoms. The van der Waals surface area contributed by atoms with Gasteiger partial charge in [-0.05, 0) is 60.8 Å². The van der Waals surface area contributed by atoms with Gasteiger partial charge in [0, 0.05) is 31.3 Å². The fourth-order valence-corrected chi connectivity index (χ4v) is 7.23. The molecule has 3 unspecified atom stereocenters. The van der Waals surface area contributed by atoms with Gasteiger partial charge in [-0.2, -0.15) is 0 Å². The lowest BCUT2D eigenvalue weighted by molar-refractivity contribution is -0.161. The molecule has 0 amide bonds. The van der Waals surface area contributed by atoms with Gasteiger partial charge in [-0.25, -0.2) is 0 Å². The standard InChI is InChI=1S/C38H50O7/c1-4-35(40)45-32(25-39)26-43-36(41)21-15-7-5-6-10-20-31-24-33-34(44-27-42-3)22-23-38(33,28(2)29-16-11-8-12-17-29)37(31)30-18-13-9-14-19-30/h8-9,11-14,16-19,32-34,39H,2,4-7,10,15,20-27H2,1,3H3/t32-,33?,34?,38?/m0/s1. The van der Waals surface area contributed by atoms with Gasteiger partial charge in [-0.3, -0.25) is 9.59 Å². The molecule has 7 heteroatoms. The third-order valence-corrected chi connectivity index (χ3v) is 9.37. The smallest absolute Gasteiger partial charge is 0.305 e. The Balaban J connectivity index is 1.37. The molecule has 1 N–H and O–H groups in total. The molecule has 0 heterocycles. The molecule has 1 saturated carbocycles. The first-order valence-electron chi connectivity index (χ1n) is 16.5. The van der Waals surface area contributed by atoms with Crippen molar-refractivity contribution in [2.75, 3.05) is 27.1 Å². The first-order chi connectivity index (χ1) is 21.9. The van der Waals surface area contributed by atoms with Crippen molar-refractivity contribution < 1.29 is 33.6 Å². The molecule has 4 rings (SSSR count). The van der Waals surface area contributed by atoms with Crippen LogP contribution in [0.4, 0.5) is 0 Å². The fourth-order valence-electron chi connectivity index (χ4n) is 7.23. The maximum atomic E-state index is 12.2. The number of aliphatic hydroxyl groups is 1. The number of ether oxygens (including phenoxy) is 4. The molecule has 4 atom stereocenters. The SMILES string of the molecule is C=C(c1ccccc1)C12CCC(OCOC)C1CC(CCCCCCCC(=O)OC[C@H](CO)OC(=O)CC)=C2c1ccccc1. The second-order valence-electron chi connectivity index (χ2n) is 12.2. The molecule has 2 aromatic rings. The Morgan fingerprint density at radius 1 is 0.978 bits per heavy atom. The van der Waals surface area contributed by atoms with Gasteiger partial charge in [0.05, 0.1) is 12.7 Å². The zero-order chi connectivity index (χ0) is 32.1. The number of unbranched alkanes of at least 4 members (excludes halogenated alkanes) is 4. The molecule has 45 heavy (non-hydrogen) atoms. The van der Waals surface area contributed by atoms with E-state index in [2.05, 4.69) is 60.7 Å². The van der Waals surface area contributed by atoms with E-state index >= 15 is 0 Å². The third-order valence-electron chi connectivity index (χ3n) is 9.37. The lowest BCUT2D eigenvalue weighted by Crippen LogP contribution is -2.30. The van der Waals surface area contributed by atoms with Gasteiger partial charge < -0.3 is 24.1 Å². The average molecular weight is 619 g/mol. The maximum absolute atomic E-state index is 12.2. The molecule has 2 aromatic carbocycles. The highest BCUT2D eigenvalue weighted by atomic mass is 16.7. The van der Waals surface area contributed by atoms with Crippen LogP contribution in [0.25, 0.3) is 11.1 Å². The predicted octanol–water partition coefficient (Wildman–Crippen LogP) is 7.53. The van der Waals surface area contributed by atoms with Gasteiger partial charge in [0.15, 0.2) is 6.10 Å². The van der Waals surface area contributed by atoms with Gasteiger partial charge in [-0.15, -0.1) is 0 Å². The van der Waals surface area contributed by atoms with E-state index in [-0.39, 0.29) is 37.1 Å². The molecule has 2 aliphatic rings. The largest absolute Gasteiger partial charge is 0.462 e. The number of hydrogen-bond donors (Lipinski definition) is 1. The Labute approximate surface area is 268 Å². The number of hydrogen-bond acceptors (Lipinski definition) is 7. The predicted molar refractivity (Wildman–Crippen MR) is 176 cm³/mol. The summed E-state index contributed by atoms with van der Waals surface area (Å²) in [6.07, 6.45) is 8.75. The summed E-state index contributed by atoms with van der Waals surface area (Å²) in [6, 6.07) is 21.4. The topological polar surface area (TPSA) is 91.3 Å². The zero-order valence-corrected chi connectivity index (χ0v) is 27.0. The quantitative estimate of drug-likeness (QED) is 0.0989. The molecule has 244 valence electrons. The average Bonchev–Trinajstić information content (AvgIpc) is 3.59. The van der Waals surface area contributed by atoms with Crippen LogP contribution in [0.5, 0.6) is 0 Å². The second-order valence-corrected chi connectivity index (χ2v) is 12.2. The summed E-state index contributed by atoms with van der Waals surface area (Å²) in [4.78, 5) is 23.6. The van der Waals surface area contributed by atoms with Crippen LogP contribution in [-0.2, 0) is 28.5 Å². The minimum atomic E-state index is -0.808. The fraction of sp³-hybridized carbons (Fsp3) is 0.526. The van der Waals surface area contributed by atoms with Gasteiger partial charge in [-0.1, -0.05) is 99.0 Å². The van der Waals surface area contributed by atoms with Crippen LogP contribution in [-0.4, -0.2) is 56.4 Å². The minimum absolute atomic E-state index is 0.115. The summed E-state index contributed by atoms with van der Waals surface area (Å²) < 4.78 is 21.9. The molecule has 0 bridgehead atoms. The zero-order valence-electron chi connectivity index (χ0n) is 27.0. The summed E-state index contributed by atoms with van der Waals surface area (Å²) in [6.45, 7) is 6.25. The third kappa shape index (κ3) is 8.72. The highest BCUT2D eigenvalue weighted by Crippen LogP contribution is 2.66. The Morgan fingerprint density at radius 3 is 2.36 bits per heavy atom. The summed E-state index contributed by atoms with van der Waals surface area (Å²) in [5.74, 6) is -0.439. The Bertz CT molecular complexity index is 1270. The summed E-state index contributed by atoms with van der Waals surface area (Å²) >= 11 is 0. The van der Waals surface area contributed by atoms with E-state index in [1.54, 1.807) is 14.0 Å². The van der Waals surface area contributed by atoms with E-state index in [0.717, 1.165) is 57.8 Å². The van der Waals surface area contributed by atoms with Crippen molar-refractivity contribution in [1.29, 1.82) is 0 Å². The molecule has 0 saturated heterocycles. The van der Waals surface area contributed by atoms with Crippen LogP contribution >= 0.6 is 0 Å². The first kappa shape index (κ1) is 34.6. The minimum Gasteiger partial charge on any atom is -0.462 e. The number of esters is 2. The van der Waals surface area contributed by atoms with Gasteiger partial charge in [0.2, 0.25) is 0 Å². The van der Waals surface area contributed by atoms with Crippen LogP contribution in [0.1, 0.15) is 88.7 Å². The van der Waals surface area contributed by atoms with Crippen molar-refractivity contribution in [3.8, 4) is 0 Å². The Morgan fingerprint density at radius 2 is 1.67 bits per heavy atom. The number of aliphatic hydroxyl groups excluding tert-OH is 1. The summed E-state index contributed by atoms with van der Waals surface area (Å²) in [5.41, 5.74) is 6.44. The molecule has 0 aromatic heterocycles. The number of carbonyl (C=O) groups excluding carboxylic acids is 2. The number of methoxy groups -OCH3 is 1. The van der Waals surface area contributed by atoms with E-state index in [1.807, 2.05) is 0 Å². The van der Waals surface area contributed by atoms with Crippen molar-refractivity contribution in [1.82, 2.24) is 0 Å². The molecular weight excluding hydrogens is 568 g/mol. The second kappa shape index (κ2) is 17.4. The maximum Gasteiger partial charge on any atom is 0.305 e. The van der Waals surface area contributed by atoms with Crippen LogP contribution in [0, 0.1) is 11.3 Å². The van der Waals surface area contributed by atoms with Crippen LogP contribution < -0.4 is 0 Å². The van der Waals surface area contributed by atoms with Crippen LogP contribution in [0.2, 0.25) is 0 Å². The van der Waals surface area contributed by atoms with E-state index in [9.17, 15) is 14.7 Å². The van der Waals surface area contributed by atoms with Crippen molar-refractivity contribution in [2.45, 2.75) is 89.8 Å².